The van der Waals surface area contributed by atoms with Crippen LogP contribution in [0, 0.1) is 13.8 Å². The summed E-state index contributed by atoms with van der Waals surface area (Å²) in [5.74, 6) is 0.125. The summed E-state index contributed by atoms with van der Waals surface area (Å²) in [6.45, 7) is 4.03. The van der Waals surface area contributed by atoms with Crippen LogP contribution in [0.3, 0.4) is 0 Å². The smallest absolute Gasteiger partial charge is 0.234 e. The van der Waals surface area contributed by atoms with Crippen molar-refractivity contribution in [1.82, 2.24) is 0 Å². The summed E-state index contributed by atoms with van der Waals surface area (Å²) in [7, 11) is -3.12. The molecule has 2 atom stereocenters. The van der Waals surface area contributed by atoms with Crippen molar-refractivity contribution in [2.45, 2.75) is 25.9 Å². The molecule has 30 heavy (non-hydrogen) atoms. The first-order valence-electron chi connectivity index (χ1n) is 9.55. The highest BCUT2D eigenvalue weighted by molar-refractivity contribution is 8.14. The molecule has 0 aliphatic carbocycles. The van der Waals surface area contributed by atoms with Crippen LogP contribution < -0.4 is 10.2 Å². The Morgan fingerprint density at radius 1 is 1.23 bits per heavy atom. The van der Waals surface area contributed by atoms with Gasteiger partial charge in [-0.05, 0) is 43.7 Å². The maximum Gasteiger partial charge on any atom is 0.234 e. The molecule has 1 saturated heterocycles. The number of amidine groups is 1. The molecule has 1 amide bonds. The summed E-state index contributed by atoms with van der Waals surface area (Å²) >= 11 is 7.29. The molecule has 0 aromatic heterocycles. The fourth-order valence-electron chi connectivity index (χ4n) is 3.88. The van der Waals surface area contributed by atoms with E-state index in [1.165, 1.54) is 11.8 Å². The summed E-state index contributed by atoms with van der Waals surface area (Å²) in [6, 6.07) is 12.5. The van der Waals surface area contributed by atoms with E-state index in [0.717, 1.165) is 16.8 Å². The Morgan fingerprint density at radius 2 is 2.03 bits per heavy atom. The van der Waals surface area contributed by atoms with Crippen molar-refractivity contribution in [3.63, 3.8) is 0 Å². The number of hydrogen-bond donors (Lipinski definition) is 1. The van der Waals surface area contributed by atoms with Gasteiger partial charge in [-0.2, -0.15) is 0 Å². The van der Waals surface area contributed by atoms with Gasteiger partial charge in [0.2, 0.25) is 5.91 Å². The lowest BCUT2D eigenvalue weighted by Crippen LogP contribution is -2.39. The van der Waals surface area contributed by atoms with Gasteiger partial charge in [-0.15, -0.1) is 0 Å². The number of thioether (sulfide) groups is 1. The van der Waals surface area contributed by atoms with Crippen molar-refractivity contribution < 1.29 is 13.2 Å². The number of rotatable bonds is 4. The standard InChI is InChI=1S/C21H22ClN3O3S2/c1-13-6-7-18(14(2)8-13)25-19-12-30(27,28)11-17(19)24-21(25)29-10-20(26)23-16-5-3-4-15(22)9-16/h3-9,17,19H,10-12H2,1-2H3,(H,23,26)/t17-,19+/m1/s1. The van der Waals surface area contributed by atoms with Crippen LogP contribution in [0.15, 0.2) is 47.5 Å². The van der Waals surface area contributed by atoms with Gasteiger partial charge in [0.1, 0.15) is 0 Å². The van der Waals surface area contributed by atoms with Gasteiger partial charge >= 0.3 is 0 Å². The molecule has 0 bridgehead atoms. The quantitative estimate of drug-likeness (QED) is 0.748. The summed E-state index contributed by atoms with van der Waals surface area (Å²) in [5, 5.41) is 4.07. The third kappa shape index (κ3) is 4.50. The molecule has 0 unspecified atom stereocenters. The van der Waals surface area contributed by atoms with E-state index >= 15 is 0 Å². The number of aryl methyl sites for hydroxylation is 2. The SMILES string of the molecule is Cc1ccc(N2C(SCC(=O)Nc3cccc(Cl)c3)=N[C@@H]3CS(=O)(=O)C[C@@H]32)c(C)c1. The number of anilines is 2. The molecule has 2 aliphatic rings. The van der Waals surface area contributed by atoms with Crippen LogP contribution in [0.4, 0.5) is 11.4 Å². The van der Waals surface area contributed by atoms with Crippen LogP contribution >= 0.6 is 23.4 Å². The summed E-state index contributed by atoms with van der Waals surface area (Å²) < 4.78 is 24.4. The van der Waals surface area contributed by atoms with Crippen molar-refractivity contribution in [3.05, 3.63) is 58.6 Å². The number of hydrogen-bond acceptors (Lipinski definition) is 6. The average Bonchev–Trinajstić information content (AvgIpc) is 3.11. The second-order valence-electron chi connectivity index (χ2n) is 7.63. The molecule has 9 heteroatoms. The fraction of sp³-hybridized carbons (Fsp3) is 0.333. The molecule has 0 spiro atoms. The molecule has 4 rings (SSSR count). The number of carbonyl (C=O) groups excluding carboxylic acids is 1. The molecule has 1 fully saturated rings. The van der Waals surface area contributed by atoms with E-state index in [1.54, 1.807) is 24.3 Å². The zero-order valence-corrected chi connectivity index (χ0v) is 19.0. The van der Waals surface area contributed by atoms with Gasteiger partial charge in [0.25, 0.3) is 0 Å². The van der Waals surface area contributed by atoms with Crippen LogP contribution in [0.1, 0.15) is 11.1 Å². The normalized spacial score (nSPS) is 22.0. The zero-order chi connectivity index (χ0) is 21.5. The monoisotopic (exact) mass is 463 g/mol. The predicted molar refractivity (Wildman–Crippen MR) is 125 cm³/mol. The first-order valence-corrected chi connectivity index (χ1v) is 12.7. The van der Waals surface area contributed by atoms with E-state index in [4.69, 9.17) is 11.6 Å². The van der Waals surface area contributed by atoms with Crippen LogP contribution in [0.2, 0.25) is 5.02 Å². The highest BCUT2D eigenvalue weighted by Crippen LogP contribution is 2.36. The highest BCUT2D eigenvalue weighted by atomic mass is 35.5. The van der Waals surface area contributed by atoms with E-state index < -0.39 is 9.84 Å². The largest absolute Gasteiger partial charge is 0.325 e. The van der Waals surface area contributed by atoms with Crippen LogP contribution in [-0.4, -0.2) is 48.8 Å². The van der Waals surface area contributed by atoms with Gasteiger partial charge in [-0.3, -0.25) is 9.79 Å². The van der Waals surface area contributed by atoms with E-state index in [2.05, 4.69) is 16.4 Å². The van der Waals surface area contributed by atoms with Crippen molar-refractivity contribution in [2.24, 2.45) is 4.99 Å². The minimum atomic E-state index is -3.12. The summed E-state index contributed by atoms with van der Waals surface area (Å²) in [6.07, 6.45) is 0. The number of nitrogens with zero attached hydrogens (tertiary/aromatic N) is 2. The number of benzene rings is 2. The van der Waals surface area contributed by atoms with Crippen molar-refractivity contribution in [1.29, 1.82) is 0 Å². The Morgan fingerprint density at radius 3 is 2.77 bits per heavy atom. The summed E-state index contributed by atoms with van der Waals surface area (Å²) in [5.41, 5.74) is 3.76. The van der Waals surface area contributed by atoms with E-state index in [1.807, 2.05) is 30.9 Å². The van der Waals surface area contributed by atoms with Crippen LogP contribution in [0.5, 0.6) is 0 Å². The molecular weight excluding hydrogens is 442 g/mol. The lowest BCUT2D eigenvalue weighted by atomic mass is 10.1. The van der Waals surface area contributed by atoms with E-state index in [-0.39, 0.29) is 35.2 Å². The number of halogens is 1. The Labute approximate surface area is 185 Å². The number of carbonyl (C=O) groups is 1. The number of fused-ring (bicyclic) bond motifs is 1. The first kappa shape index (κ1) is 21.2. The Bertz CT molecular complexity index is 1130. The minimum Gasteiger partial charge on any atom is -0.325 e. The third-order valence-electron chi connectivity index (χ3n) is 5.16. The van der Waals surface area contributed by atoms with E-state index in [9.17, 15) is 13.2 Å². The maximum absolute atomic E-state index is 12.4. The minimum absolute atomic E-state index is 0.0534. The number of nitrogens with one attached hydrogen (secondary N) is 1. The molecule has 2 aromatic rings. The predicted octanol–water partition coefficient (Wildman–Crippen LogP) is 3.67. The zero-order valence-electron chi connectivity index (χ0n) is 16.6. The molecular formula is C21H22ClN3O3S2. The van der Waals surface area contributed by atoms with Gasteiger partial charge in [0.15, 0.2) is 15.0 Å². The van der Waals surface area contributed by atoms with Gasteiger partial charge in [-0.25, -0.2) is 8.42 Å². The second-order valence-corrected chi connectivity index (χ2v) is 11.2. The van der Waals surface area contributed by atoms with Crippen molar-refractivity contribution in [2.75, 3.05) is 27.5 Å². The van der Waals surface area contributed by atoms with Gasteiger partial charge < -0.3 is 10.2 Å². The average molecular weight is 464 g/mol. The molecule has 2 heterocycles. The number of amides is 1. The van der Waals surface area contributed by atoms with Crippen LogP contribution in [-0.2, 0) is 14.6 Å². The third-order valence-corrected chi connectivity index (χ3v) is 8.06. The Kier molecular flexibility index (Phi) is 5.83. The van der Waals surface area contributed by atoms with Crippen molar-refractivity contribution >= 4 is 55.6 Å². The molecule has 0 radical (unpaired) electrons. The van der Waals surface area contributed by atoms with Crippen LogP contribution in [0.25, 0.3) is 0 Å². The molecule has 0 saturated carbocycles. The van der Waals surface area contributed by atoms with Gasteiger partial charge in [-0.1, -0.05) is 47.1 Å². The Hall–Kier alpha value is -2.03. The lowest BCUT2D eigenvalue weighted by Gasteiger charge is -2.28. The molecule has 1 N–H and O–H groups in total. The molecule has 6 nitrogen and oxygen atoms in total. The maximum atomic E-state index is 12.4. The highest BCUT2D eigenvalue weighted by Gasteiger charge is 2.47. The van der Waals surface area contributed by atoms with Gasteiger partial charge in [0, 0.05) is 16.4 Å². The topological polar surface area (TPSA) is 78.8 Å². The molecule has 2 aromatic carbocycles. The number of sulfone groups is 1. The first-order chi connectivity index (χ1) is 14.2. The lowest BCUT2D eigenvalue weighted by molar-refractivity contribution is -0.113. The molecule has 2 aliphatic heterocycles. The molecule has 158 valence electrons. The van der Waals surface area contributed by atoms with Crippen molar-refractivity contribution in [3.8, 4) is 0 Å². The van der Waals surface area contributed by atoms with E-state index in [0.29, 0.717) is 15.9 Å². The van der Waals surface area contributed by atoms with Gasteiger partial charge in [0.05, 0.1) is 29.3 Å². The second kappa shape index (κ2) is 8.24. The Balaban J connectivity index is 1.53. The summed E-state index contributed by atoms with van der Waals surface area (Å²) in [4.78, 5) is 19.1. The fourth-order valence-corrected chi connectivity index (χ4v) is 6.83. The number of aliphatic imine (C=N–C) groups is 1.